The molecule has 0 aliphatic heterocycles. The Kier molecular flexibility index (Phi) is 4.70. The Bertz CT molecular complexity index is 64.7. The number of carbonyl (C=O) groups excluding carboxylic acids is 1. The van der Waals surface area contributed by atoms with Crippen LogP contribution in [0.5, 0.6) is 0 Å². The molecule has 0 aliphatic carbocycles. The summed E-state index contributed by atoms with van der Waals surface area (Å²) in [5, 5.41) is 0. The molecule has 0 aromatic heterocycles. The van der Waals surface area contributed by atoms with E-state index >= 15 is 0 Å². The first kappa shape index (κ1) is 7.33. The summed E-state index contributed by atoms with van der Waals surface area (Å²) in [6, 6.07) is -1.20. The molecule has 0 aliphatic rings. The van der Waals surface area contributed by atoms with Crippen molar-refractivity contribution in [2.24, 2.45) is 0 Å². The Morgan fingerprint density at radius 1 is 1.71 bits per heavy atom. The standard InChI is InChI=1S/C4H6FIO/c5-4(7)2-1-3-6/h1-3H2. The van der Waals surface area contributed by atoms with Gasteiger partial charge in [-0.05, 0) is 6.42 Å². The highest BCUT2D eigenvalue weighted by Crippen LogP contribution is 1.94. The van der Waals surface area contributed by atoms with E-state index in [1.165, 1.54) is 0 Å². The number of hydrogen-bond acceptors (Lipinski definition) is 1. The number of hydrogen-bond donors (Lipinski definition) is 0. The van der Waals surface area contributed by atoms with Gasteiger partial charge in [-0.25, -0.2) is 0 Å². The Labute approximate surface area is 55.4 Å². The Hall–Kier alpha value is 0.330. The van der Waals surface area contributed by atoms with E-state index in [4.69, 9.17) is 0 Å². The van der Waals surface area contributed by atoms with Gasteiger partial charge >= 0.3 is 6.04 Å². The summed E-state index contributed by atoms with van der Waals surface area (Å²) in [6.07, 6.45) is 0.749. The number of halogens is 2. The van der Waals surface area contributed by atoms with E-state index in [1.54, 1.807) is 0 Å². The molecular weight excluding hydrogens is 210 g/mol. The Morgan fingerprint density at radius 2 is 2.29 bits per heavy atom. The van der Waals surface area contributed by atoms with Gasteiger partial charge in [-0.2, -0.15) is 4.39 Å². The van der Waals surface area contributed by atoms with E-state index in [9.17, 15) is 9.18 Å². The summed E-state index contributed by atoms with van der Waals surface area (Å²) in [5.74, 6) is 0. The van der Waals surface area contributed by atoms with Crippen LogP contribution in [0.25, 0.3) is 0 Å². The number of rotatable bonds is 3. The predicted octanol–water partition coefficient (Wildman–Crippen LogP) is 1.70. The van der Waals surface area contributed by atoms with Crippen LogP contribution >= 0.6 is 22.6 Å². The molecule has 0 bridgehead atoms. The summed E-state index contributed by atoms with van der Waals surface area (Å²) in [4.78, 5) is 9.53. The molecule has 0 heterocycles. The molecule has 0 saturated carbocycles. The van der Waals surface area contributed by atoms with Crippen molar-refractivity contribution in [2.45, 2.75) is 12.8 Å². The van der Waals surface area contributed by atoms with Crippen LogP contribution in [-0.2, 0) is 4.79 Å². The van der Waals surface area contributed by atoms with E-state index in [1.807, 2.05) is 0 Å². The lowest BCUT2D eigenvalue weighted by atomic mass is 10.4. The largest absolute Gasteiger partial charge is 0.301 e. The van der Waals surface area contributed by atoms with Crippen LogP contribution in [0.1, 0.15) is 12.8 Å². The number of alkyl halides is 1. The quantitative estimate of drug-likeness (QED) is 0.398. The van der Waals surface area contributed by atoms with Gasteiger partial charge in [-0.15, -0.1) is 0 Å². The van der Waals surface area contributed by atoms with Crippen molar-refractivity contribution >= 4 is 28.6 Å². The molecule has 0 atom stereocenters. The minimum atomic E-state index is -1.20. The second-order valence-electron chi connectivity index (χ2n) is 1.15. The molecule has 0 aromatic rings. The van der Waals surface area contributed by atoms with Gasteiger partial charge in [0.1, 0.15) is 0 Å². The van der Waals surface area contributed by atoms with Gasteiger partial charge < -0.3 is 0 Å². The van der Waals surface area contributed by atoms with Crippen LogP contribution in [0, 0.1) is 0 Å². The molecule has 7 heavy (non-hydrogen) atoms. The third kappa shape index (κ3) is 6.33. The third-order valence-electron chi connectivity index (χ3n) is 0.507. The molecule has 1 nitrogen and oxygen atoms in total. The van der Waals surface area contributed by atoms with Crippen LogP contribution in [-0.4, -0.2) is 10.5 Å². The van der Waals surface area contributed by atoms with Crippen LogP contribution in [0.15, 0.2) is 0 Å². The van der Waals surface area contributed by atoms with Gasteiger partial charge in [0.15, 0.2) is 0 Å². The number of carbonyl (C=O) groups is 1. The maximum absolute atomic E-state index is 11.2. The first-order valence-corrected chi connectivity index (χ1v) is 3.54. The molecule has 0 aromatic carbocycles. The van der Waals surface area contributed by atoms with Crippen molar-refractivity contribution in [1.29, 1.82) is 0 Å². The molecule has 0 fully saturated rings. The molecule has 42 valence electrons. The van der Waals surface area contributed by atoms with Crippen molar-refractivity contribution < 1.29 is 9.18 Å². The highest BCUT2D eigenvalue weighted by molar-refractivity contribution is 14.1. The molecular formula is C4H6FIO. The summed E-state index contributed by atoms with van der Waals surface area (Å²) < 4.78 is 12.1. The second kappa shape index (κ2) is 4.49. The molecule has 0 saturated heterocycles. The molecule has 0 amide bonds. The van der Waals surface area contributed by atoms with Gasteiger partial charge in [-0.3, -0.25) is 4.79 Å². The van der Waals surface area contributed by atoms with Crippen molar-refractivity contribution in [3.63, 3.8) is 0 Å². The summed E-state index contributed by atoms with van der Waals surface area (Å²) >= 11 is 2.10. The third-order valence-corrected chi connectivity index (χ3v) is 1.27. The monoisotopic (exact) mass is 216 g/mol. The van der Waals surface area contributed by atoms with Gasteiger partial charge in [0.25, 0.3) is 0 Å². The van der Waals surface area contributed by atoms with E-state index in [-0.39, 0.29) is 6.42 Å². The SMILES string of the molecule is O=C(F)CCCI. The minimum Gasteiger partial charge on any atom is -0.261 e. The topological polar surface area (TPSA) is 17.1 Å². The predicted molar refractivity (Wildman–Crippen MR) is 34.2 cm³/mol. The van der Waals surface area contributed by atoms with Gasteiger partial charge in [-0.1, -0.05) is 22.6 Å². The van der Waals surface area contributed by atoms with Crippen LogP contribution in [0.2, 0.25) is 0 Å². The lowest BCUT2D eigenvalue weighted by Gasteiger charge is -1.82. The second-order valence-corrected chi connectivity index (χ2v) is 2.23. The van der Waals surface area contributed by atoms with Gasteiger partial charge in [0.2, 0.25) is 0 Å². The molecule has 0 spiro atoms. The van der Waals surface area contributed by atoms with E-state index in [0.29, 0.717) is 6.42 Å². The maximum Gasteiger partial charge on any atom is 0.301 e. The van der Waals surface area contributed by atoms with Gasteiger partial charge in [0, 0.05) is 10.8 Å². The maximum atomic E-state index is 11.2. The van der Waals surface area contributed by atoms with E-state index in [2.05, 4.69) is 22.6 Å². The van der Waals surface area contributed by atoms with Crippen molar-refractivity contribution in [2.75, 3.05) is 4.43 Å². The van der Waals surface area contributed by atoms with Crippen molar-refractivity contribution in [3.05, 3.63) is 0 Å². The molecule has 3 heteroatoms. The molecule has 0 radical (unpaired) electrons. The first-order valence-electron chi connectivity index (χ1n) is 2.01. The van der Waals surface area contributed by atoms with Crippen molar-refractivity contribution in [1.82, 2.24) is 0 Å². The fourth-order valence-corrected chi connectivity index (χ4v) is 0.587. The summed E-state index contributed by atoms with van der Waals surface area (Å²) in [5.41, 5.74) is 0. The van der Waals surface area contributed by atoms with E-state index in [0.717, 1.165) is 4.43 Å². The Balaban J connectivity index is 2.82. The van der Waals surface area contributed by atoms with Crippen molar-refractivity contribution in [3.8, 4) is 0 Å². The fourth-order valence-electron chi connectivity index (χ4n) is 0.206. The summed E-state index contributed by atoms with van der Waals surface area (Å²) in [7, 11) is 0. The van der Waals surface area contributed by atoms with Crippen LogP contribution in [0.3, 0.4) is 0 Å². The lowest BCUT2D eigenvalue weighted by molar-refractivity contribution is -0.129. The zero-order valence-corrected chi connectivity index (χ0v) is 5.94. The first-order chi connectivity index (χ1) is 3.27. The van der Waals surface area contributed by atoms with Gasteiger partial charge in [0.05, 0.1) is 0 Å². The zero-order chi connectivity index (χ0) is 5.70. The normalized spacial score (nSPS) is 8.86. The minimum absolute atomic E-state index is 0.0862. The molecule has 0 rings (SSSR count). The highest BCUT2D eigenvalue weighted by Gasteiger charge is 1.93. The highest BCUT2D eigenvalue weighted by atomic mass is 127. The Morgan fingerprint density at radius 3 is 2.43 bits per heavy atom. The fraction of sp³-hybridized carbons (Fsp3) is 0.750. The van der Waals surface area contributed by atoms with Crippen LogP contribution in [0.4, 0.5) is 4.39 Å². The zero-order valence-electron chi connectivity index (χ0n) is 3.79. The van der Waals surface area contributed by atoms with E-state index < -0.39 is 6.04 Å². The smallest absolute Gasteiger partial charge is 0.261 e. The van der Waals surface area contributed by atoms with Crippen LogP contribution < -0.4 is 0 Å². The average Bonchev–Trinajstić information content (AvgIpc) is 1.61. The average molecular weight is 216 g/mol. The molecule has 0 N–H and O–H groups in total. The lowest BCUT2D eigenvalue weighted by Crippen LogP contribution is -1.86. The summed E-state index contributed by atoms with van der Waals surface area (Å²) in [6.45, 7) is 0. The molecule has 0 unspecified atom stereocenters.